The first-order valence-corrected chi connectivity index (χ1v) is 19.2. The number of fused-ring (bicyclic) bond motifs is 19. The molecule has 0 unspecified atom stereocenters. The summed E-state index contributed by atoms with van der Waals surface area (Å²) in [6.45, 7) is 0. The summed E-state index contributed by atoms with van der Waals surface area (Å²) >= 11 is 0. The van der Waals surface area contributed by atoms with Gasteiger partial charge in [0, 0.05) is 21.5 Å². The summed E-state index contributed by atoms with van der Waals surface area (Å²) in [5.41, 5.74) is 8.12. The van der Waals surface area contributed by atoms with E-state index in [9.17, 15) is 0 Å². The lowest BCUT2D eigenvalue weighted by Crippen LogP contribution is -1.85. The van der Waals surface area contributed by atoms with Crippen molar-refractivity contribution in [2.24, 2.45) is 0 Å². The van der Waals surface area contributed by atoms with Crippen LogP contribution in [0.3, 0.4) is 0 Å². The first-order chi connectivity index (χ1) is 27.7. The molecule has 258 valence electrons. The van der Waals surface area contributed by atoms with Crippen molar-refractivity contribution >= 4 is 109 Å². The van der Waals surface area contributed by atoms with E-state index >= 15 is 0 Å². The normalized spacial score (nSPS) is 12.3. The minimum Gasteiger partial charge on any atom is -0.456 e. The minimum absolute atomic E-state index is 0.859. The number of rotatable bonds is 2. The van der Waals surface area contributed by atoms with Crippen molar-refractivity contribution in [3.63, 3.8) is 0 Å². The molecular formula is C54H30O2. The van der Waals surface area contributed by atoms with Crippen molar-refractivity contribution in [3.05, 3.63) is 182 Å². The van der Waals surface area contributed by atoms with Gasteiger partial charge in [0.05, 0.1) is 0 Å². The molecule has 11 aromatic carbocycles. The largest absolute Gasteiger partial charge is 0.456 e. The second-order valence-electron chi connectivity index (χ2n) is 15.1. The van der Waals surface area contributed by atoms with Crippen LogP contribution in [0.15, 0.2) is 191 Å². The number of furan rings is 2. The smallest absolute Gasteiger partial charge is 0.136 e. The van der Waals surface area contributed by atoms with Gasteiger partial charge in [-0.1, -0.05) is 133 Å². The fourth-order valence-electron chi connectivity index (χ4n) is 9.67. The molecule has 0 radical (unpaired) electrons. The Kier molecular flexibility index (Phi) is 5.92. The second kappa shape index (κ2) is 11.1. The van der Waals surface area contributed by atoms with Gasteiger partial charge in [-0.15, -0.1) is 0 Å². The zero-order valence-electron chi connectivity index (χ0n) is 30.1. The molecule has 56 heavy (non-hydrogen) atoms. The number of hydrogen-bond donors (Lipinski definition) is 0. The van der Waals surface area contributed by atoms with Crippen molar-refractivity contribution in [1.29, 1.82) is 0 Å². The lowest BCUT2D eigenvalue weighted by molar-refractivity contribution is 0.663. The zero-order valence-corrected chi connectivity index (χ0v) is 30.1. The highest BCUT2D eigenvalue weighted by Gasteiger charge is 2.19. The third-order valence-corrected chi connectivity index (χ3v) is 12.2. The average molecular weight is 711 g/mol. The van der Waals surface area contributed by atoms with Crippen LogP contribution < -0.4 is 0 Å². The Morgan fingerprint density at radius 2 is 0.446 bits per heavy atom. The van der Waals surface area contributed by atoms with Crippen LogP contribution in [-0.2, 0) is 0 Å². The van der Waals surface area contributed by atoms with Crippen LogP contribution in [0, 0.1) is 0 Å². The number of benzene rings is 11. The Hall–Kier alpha value is -7.42. The van der Waals surface area contributed by atoms with Gasteiger partial charge in [-0.2, -0.15) is 0 Å². The zero-order chi connectivity index (χ0) is 36.5. The van der Waals surface area contributed by atoms with Gasteiger partial charge in [0.2, 0.25) is 0 Å². The van der Waals surface area contributed by atoms with Gasteiger partial charge in [-0.05, 0) is 135 Å². The molecule has 0 saturated carbocycles. The minimum atomic E-state index is 0.859. The van der Waals surface area contributed by atoms with Crippen molar-refractivity contribution in [3.8, 4) is 22.3 Å². The van der Waals surface area contributed by atoms with Gasteiger partial charge in [0.1, 0.15) is 22.3 Å². The van der Waals surface area contributed by atoms with E-state index in [1.165, 1.54) is 75.8 Å². The van der Waals surface area contributed by atoms with E-state index in [2.05, 4.69) is 170 Å². The highest BCUT2D eigenvalue weighted by atomic mass is 16.3. The van der Waals surface area contributed by atoms with Crippen molar-refractivity contribution in [1.82, 2.24) is 0 Å². The molecule has 2 aromatic heterocycles. The van der Waals surface area contributed by atoms with Gasteiger partial charge >= 0.3 is 0 Å². The highest BCUT2D eigenvalue weighted by Crippen LogP contribution is 2.44. The third-order valence-electron chi connectivity index (χ3n) is 12.2. The Balaban J connectivity index is 1.01. The van der Waals surface area contributed by atoms with Crippen molar-refractivity contribution in [2.75, 3.05) is 0 Å². The van der Waals surface area contributed by atoms with E-state index in [4.69, 9.17) is 8.83 Å². The summed E-state index contributed by atoms with van der Waals surface area (Å²) in [6.07, 6.45) is 0. The quantitative estimate of drug-likeness (QED) is 0.167. The molecule has 2 heterocycles. The SMILES string of the molecule is c1ccc2c(c1)c1ccccc1c1cc(-c3ccc4oc5ccc6oc7ccc(-c8ccc9c%10ccccc%10c%10ccccc%10c9c8)cc7c6c5c4c3)ccc21. The van der Waals surface area contributed by atoms with Crippen molar-refractivity contribution in [2.45, 2.75) is 0 Å². The van der Waals surface area contributed by atoms with E-state index in [1.54, 1.807) is 0 Å². The average Bonchev–Trinajstić information content (AvgIpc) is 3.83. The lowest BCUT2D eigenvalue weighted by atomic mass is 9.91. The van der Waals surface area contributed by atoms with Crippen LogP contribution in [0.2, 0.25) is 0 Å². The molecule has 0 bridgehead atoms. The standard InChI is InChI=1S/C54H30O2/c1-3-13-39-35(9-1)37-11-5-7-15-41(37)45-27-31(17-21-43(39)45)33-19-23-49-47(29-33)53-51(55-49)25-26-52-54(53)48-30-34(20-24-50(48)56-52)32-18-22-44-40-14-4-2-10-36(40)38-12-6-8-16-42(38)46(44)28-32/h1-30H. The molecule has 0 saturated heterocycles. The van der Waals surface area contributed by atoms with Gasteiger partial charge in [-0.25, -0.2) is 0 Å². The fraction of sp³-hybridized carbons (Fsp3) is 0. The first-order valence-electron chi connectivity index (χ1n) is 19.2. The van der Waals surface area contributed by atoms with E-state index in [0.717, 1.165) is 55.0 Å². The fourth-order valence-corrected chi connectivity index (χ4v) is 9.67. The molecule has 13 aromatic rings. The van der Waals surface area contributed by atoms with Gasteiger partial charge in [0.15, 0.2) is 0 Å². The van der Waals surface area contributed by atoms with Crippen molar-refractivity contribution < 1.29 is 8.83 Å². The monoisotopic (exact) mass is 710 g/mol. The molecular weight excluding hydrogens is 681 g/mol. The third kappa shape index (κ3) is 4.10. The Morgan fingerprint density at radius 1 is 0.196 bits per heavy atom. The van der Waals surface area contributed by atoms with E-state index in [1.807, 2.05) is 12.1 Å². The Labute approximate surface area is 320 Å². The lowest BCUT2D eigenvalue weighted by Gasteiger charge is -2.12. The molecule has 13 rings (SSSR count). The summed E-state index contributed by atoms with van der Waals surface area (Å²) in [4.78, 5) is 0. The van der Waals surface area contributed by atoms with Crippen LogP contribution in [0.5, 0.6) is 0 Å². The highest BCUT2D eigenvalue weighted by molar-refractivity contribution is 6.29. The first kappa shape index (κ1) is 30.0. The predicted molar refractivity (Wildman–Crippen MR) is 237 cm³/mol. The molecule has 0 N–H and O–H groups in total. The molecule has 0 spiro atoms. The summed E-state index contributed by atoms with van der Waals surface area (Å²) in [5.74, 6) is 0. The van der Waals surface area contributed by atoms with Gasteiger partial charge < -0.3 is 8.83 Å². The van der Waals surface area contributed by atoms with Crippen LogP contribution in [0.1, 0.15) is 0 Å². The molecule has 0 atom stereocenters. The van der Waals surface area contributed by atoms with E-state index in [0.29, 0.717) is 0 Å². The summed E-state index contributed by atoms with van der Waals surface area (Å²) in [7, 11) is 0. The topological polar surface area (TPSA) is 26.3 Å². The maximum atomic E-state index is 6.54. The molecule has 0 fully saturated rings. The Morgan fingerprint density at radius 3 is 0.786 bits per heavy atom. The van der Waals surface area contributed by atoms with Crippen LogP contribution >= 0.6 is 0 Å². The molecule has 2 heteroatoms. The maximum Gasteiger partial charge on any atom is 0.136 e. The summed E-state index contributed by atoms with van der Waals surface area (Å²) in [5, 5.41) is 19.7. The molecule has 0 aliphatic heterocycles. The van der Waals surface area contributed by atoms with E-state index in [-0.39, 0.29) is 0 Å². The molecule has 2 nitrogen and oxygen atoms in total. The second-order valence-corrected chi connectivity index (χ2v) is 15.1. The van der Waals surface area contributed by atoms with Crippen LogP contribution in [-0.4, -0.2) is 0 Å². The van der Waals surface area contributed by atoms with Gasteiger partial charge in [-0.3, -0.25) is 0 Å². The summed E-state index contributed by atoms with van der Waals surface area (Å²) in [6, 6.07) is 66.1. The molecule has 0 aliphatic carbocycles. The summed E-state index contributed by atoms with van der Waals surface area (Å²) < 4.78 is 13.1. The predicted octanol–water partition coefficient (Wildman–Crippen LogP) is 15.7. The Bertz CT molecular complexity index is 3500. The van der Waals surface area contributed by atoms with Gasteiger partial charge in [0.25, 0.3) is 0 Å². The molecule has 0 amide bonds. The van der Waals surface area contributed by atoms with Crippen LogP contribution in [0.25, 0.3) is 131 Å². The number of hydrogen-bond acceptors (Lipinski definition) is 2. The molecule has 0 aliphatic rings. The van der Waals surface area contributed by atoms with E-state index < -0.39 is 0 Å². The van der Waals surface area contributed by atoms with Crippen LogP contribution in [0.4, 0.5) is 0 Å². The maximum absolute atomic E-state index is 6.54.